The van der Waals surface area contributed by atoms with E-state index in [4.69, 9.17) is 5.26 Å². The molecule has 2 aromatic rings. The Kier molecular flexibility index (Phi) is 3.18. The van der Waals surface area contributed by atoms with Crippen LogP contribution in [-0.2, 0) is 5.60 Å². The average molecular weight is 237 g/mol. The molecule has 0 aliphatic heterocycles. The van der Waals surface area contributed by atoms with Crippen molar-refractivity contribution in [1.82, 2.24) is 0 Å². The van der Waals surface area contributed by atoms with Crippen LogP contribution in [0.25, 0.3) is 0 Å². The molecule has 1 atom stereocenters. The molecule has 1 N–H and O–H groups in total. The molecule has 0 spiro atoms. The van der Waals surface area contributed by atoms with Crippen molar-refractivity contribution >= 4 is 0 Å². The summed E-state index contributed by atoms with van der Waals surface area (Å²) in [6.07, 6.45) is 0. The van der Waals surface area contributed by atoms with E-state index in [1.807, 2.05) is 31.2 Å². The normalized spacial score (nSPS) is 13.7. The second-order valence-electron chi connectivity index (χ2n) is 4.58. The molecule has 0 aliphatic rings. The monoisotopic (exact) mass is 237 g/mol. The van der Waals surface area contributed by atoms with Crippen LogP contribution in [0.3, 0.4) is 0 Å². The Morgan fingerprint density at radius 1 is 1.06 bits per heavy atom. The Hall–Kier alpha value is -2.11. The average Bonchev–Trinajstić information content (AvgIpc) is 2.39. The summed E-state index contributed by atoms with van der Waals surface area (Å²) >= 11 is 0. The van der Waals surface area contributed by atoms with Crippen LogP contribution in [0.1, 0.15) is 29.2 Å². The first kappa shape index (κ1) is 12.3. The molecule has 1 unspecified atom stereocenters. The van der Waals surface area contributed by atoms with Crippen molar-refractivity contribution in [2.45, 2.75) is 19.4 Å². The van der Waals surface area contributed by atoms with Gasteiger partial charge in [0, 0.05) is 0 Å². The number of aryl methyl sites for hydroxylation is 1. The lowest BCUT2D eigenvalue weighted by molar-refractivity contribution is 0.102. The standard InChI is InChI=1S/C16H15NO/c1-12-5-3-4-6-15(12)16(2,18)14-9-7-13(11-17)8-10-14/h3-10,18H,1-2H3. The van der Waals surface area contributed by atoms with Crippen LogP contribution in [0.2, 0.25) is 0 Å². The summed E-state index contributed by atoms with van der Waals surface area (Å²) in [6, 6.07) is 16.9. The third-order valence-electron chi connectivity index (χ3n) is 3.25. The molecule has 0 saturated carbocycles. The fourth-order valence-electron chi connectivity index (χ4n) is 2.14. The van der Waals surface area contributed by atoms with Crippen LogP contribution in [0.5, 0.6) is 0 Å². The van der Waals surface area contributed by atoms with E-state index in [0.717, 1.165) is 16.7 Å². The van der Waals surface area contributed by atoms with E-state index >= 15 is 0 Å². The fraction of sp³-hybridized carbons (Fsp3) is 0.188. The van der Waals surface area contributed by atoms with Gasteiger partial charge in [0.25, 0.3) is 0 Å². The van der Waals surface area contributed by atoms with Gasteiger partial charge >= 0.3 is 0 Å². The highest BCUT2D eigenvalue weighted by Crippen LogP contribution is 2.31. The molecule has 2 heteroatoms. The highest BCUT2D eigenvalue weighted by molar-refractivity contribution is 5.42. The van der Waals surface area contributed by atoms with Crippen LogP contribution in [-0.4, -0.2) is 5.11 Å². The summed E-state index contributed by atoms with van der Waals surface area (Å²) in [7, 11) is 0. The van der Waals surface area contributed by atoms with Gasteiger partial charge in [-0.2, -0.15) is 5.26 Å². The number of rotatable bonds is 2. The largest absolute Gasteiger partial charge is 0.381 e. The molecule has 0 fully saturated rings. The molecule has 0 aliphatic carbocycles. The first-order valence-electron chi connectivity index (χ1n) is 5.85. The van der Waals surface area contributed by atoms with Crippen molar-refractivity contribution in [3.05, 3.63) is 70.8 Å². The lowest BCUT2D eigenvalue weighted by Gasteiger charge is -2.26. The minimum atomic E-state index is -1.04. The van der Waals surface area contributed by atoms with Gasteiger partial charge in [-0.1, -0.05) is 36.4 Å². The van der Waals surface area contributed by atoms with E-state index in [-0.39, 0.29) is 0 Å². The predicted octanol–water partition coefficient (Wildman–Crippen LogP) is 3.12. The first-order valence-corrected chi connectivity index (χ1v) is 5.85. The van der Waals surface area contributed by atoms with Gasteiger partial charge in [-0.3, -0.25) is 0 Å². The molecule has 0 bridgehead atoms. The molecule has 0 amide bonds. The van der Waals surface area contributed by atoms with Crippen molar-refractivity contribution in [2.75, 3.05) is 0 Å². The summed E-state index contributed by atoms with van der Waals surface area (Å²) in [4.78, 5) is 0. The molecule has 2 nitrogen and oxygen atoms in total. The van der Waals surface area contributed by atoms with Crippen LogP contribution in [0.4, 0.5) is 0 Å². The number of aliphatic hydroxyl groups is 1. The lowest BCUT2D eigenvalue weighted by atomic mass is 9.85. The zero-order chi connectivity index (χ0) is 13.2. The predicted molar refractivity (Wildman–Crippen MR) is 71.0 cm³/mol. The summed E-state index contributed by atoms with van der Waals surface area (Å²) in [6.45, 7) is 3.75. The number of nitriles is 1. The Morgan fingerprint density at radius 2 is 1.67 bits per heavy atom. The topological polar surface area (TPSA) is 44.0 Å². The molecule has 0 heterocycles. The number of nitrogens with zero attached hydrogens (tertiary/aromatic N) is 1. The van der Waals surface area contributed by atoms with Crippen molar-refractivity contribution in [3.8, 4) is 6.07 Å². The van der Waals surface area contributed by atoms with Gasteiger partial charge in [0.2, 0.25) is 0 Å². The second kappa shape index (κ2) is 4.64. The van der Waals surface area contributed by atoms with Gasteiger partial charge in [-0.25, -0.2) is 0 Å². The Labute approximate surface area is 107 Å². The molecule has 0 radical (unpaired) electrons. The second-order valence-corrected chi connectivity index (χ2v) is 4.58. The van der Waals surface area contributed by atoms with Gasteiger partial charge in [0.05, 0.1) is 11.6 Å². The van der Waals surface area contributed by atoms with Crippen LogP contribution in [0.15, 0.2) is 48.5 Å². The molecule has 2 rings (SSSR count). The van der Waals surface area contributed by atoms with Crippen molar-refractivity contribution in [2.24, 2.45) is 0 Å². The maximum absolute atomic E-state index is 10.7. The van der Waals surface area contributed by atoms with E-state index in [0.29, 0.717) is 5.56 Å². The van der Waals surface area contributed by atoms with Crippen LogP contribution < -0.4 is 0 Å². The quantitative estimate of drug-likeness (QED) is 0.872. The Morgan fingerprint density at radius 3 is 2.22 bits per heavy atom. The molecular formula is C16H15NO. The highest BCUT2D eigenvalue weighted by atomic mass is 16.3. The van der Waals surface area contributed by atoms with Crippen molar-refractivity contribution in [3.63, 3.8) is 0 Å². The Balaban J connectivity index is 2.48. The zero-order valence-corrected chi connectivity index (χ0v) is 10.5. The van der Waals surface area contributed by atoms with Crippen LogP contribution >= 0.6 is 0 Å². The third-order valence-corrected chi connectivity index (χ3v) is 3.25. The van der Waals surface area contributed by atoms with Gasteiger partial charge in [0.15, 0.2) is 0 Å². The van der Waals surface area contributed by atoms with Crippen molar-refractivity contribution < 1.29 is 5.11 Å². The lowest BCUT2D eigenvalue weighted by Crippen LogP contribution is -2.23. The smallest absolute Gasteiger partial charge is 0.112 e. The minimum Gasteiger partial charge on any atom is -0.381 e. The summed E-state index contributed by atoms with van der Waals surface area (Å²) in [5.74, 6) is 0. The summed E-state index contributed by atoms with van der Waals surface area (Å²) < 4.78 is 0. The third kappa shape index (κ3) is 2.13. The van der Waals surface area contributed by atoms with Gasteiger partial charge in [0.1, 0.15) is 5.60 Å². The molecule has 18 heavy (non-hydrogen) atoms. The van der Waals surface area contributed by atoms with Crippen molar-refractivity contribution in [1.29, 1.82) is 5.26 Å². The number of benzene rings is 2. The Bertz CT molecular complexity index is 591. The van der Waals surface area contributed by atoms with E-state index in [9.17, 15) is 5.11 Å². The summed E-state index contributed by atoms with van der Waals surface area (Å²) in [5, 5.41) is 19.5. The van der Waals surface area contributed by atoms with Gasteiger partial charge < -0.3 is 5.11 Å². The molecule has 2 aromatic carbocycles. The molecular weight excluding hydrogens is 222 g/mol. The number of hydrogen-bond donors (Lipinski definition) is 1. The fourth-order valence-corrected chi connectivity index (χ4v) is 2.14. The van der Waals surface area contributed by atoms with Gasteiger partial charge in [-0.05, 0) is 42.7 Å². The minimum absolute atomic E-state index is 0.597. The zero-order valence-electron chi connectivity index (χ0n) is 10.5. The molecule has 0 aromatic heterocycles. The highest BCUT2D eigenvalue weighted by Gasteiger charge is 2.26. The maximum Gasteiger partial charge on any atom is 0.112 e. The van der Waals surface area contributed by atoms with Crippen LogP contribution in [0, 0.1) is 18.3 Å². The van der Waals surface area contributed by atoms with E-state index in [2.05, 4.69) is 6.07 Å². The molecule has 0 saturated heterocycles. The van der Waals surface area contributed by atoms with E-state index in [1.165, 1.54) is 0 Å². The number of hydrogen-bond acceptors (Lipinski definition) is 2. The SMILES string of the molecule is Cc1ccccc1C(C)(O)c1ccc(C#N)cc1. The maximum atomic E-state index is 10.7. The van der Waals surface area contributed by atoms with E-state index in [1.54, 1.807) is 31.2 Å². The summed E-state index contributed by atoms with van der Waals surface area (Å²) in [5.41, 5.74) is 2.27. The van der Waals surface area contributed by atoms with E-state index < -0.39 is 5.60 Å². The first-order chi connectivity index (χ1) is 8.55. The molecule has 90 valence electrons. The van der Waals surface area contributed by atoms with Gasteiger partial charge in [-0.15, -0.1) is 0 Å².